The highest BCUT2D eigenvalue weighted by Gasteiger charge is 2.17. The van der Waals surface area contributed by atoms with Gasteiger partial charge in [0.25, 0.3) is 0 Å². The third-order valence-electron chi connectivity index (χ3n) is 3.18. The molecule has 2 heterocycles. The molecule has 0 spiro atoms. The van der Waals surface area contributed by atoms with E-state index < -0.39 is 11.9 Å². The van der Waals surface area contributed by atoms with E-state index in [9.17, 15) is 9.59 Å². The zero-order valence-corrected chi connectivity index (χ0v) is 12.6. The van der Waals surface area contributed by atoms with Gasteiger partial charge in [0.2, 0.25) is 0 Å². The Morgan fingerprint density at radius 1 is 1.25 bits per heavy atom. The Bertz CT molecular complexity index is 856. The van der Waals surface area contributed by atoms with E-state index in [-0.39, 0.29) is 17.9 Å². The molecule has 1 aromatic carbocycles. The van der Waals surface area contributed by atoms with E-state index >= 15 is 0 Å². The summed E-state index contributed by atoms with van der Waals surface area (Å²) in [4.78, 5) is 23.7. The van der Waals surface area contributed by atoms with Crippen molar-refractivity contribution in [2.75, 3.05) is 7.11 Å². The van der Waals surface area contributed by atoms with Crippen LogP contribution in [0.1, 0.15) is 26.5 Å². The molecule has 3 aromatic rings. The number of nitrogens with zero attached hydrogens (tertiary/aromatic N) is 4. The minimum Gasteiger partial charge on any atom is -0.465 e. The van der Waals surface area contributed by atoms with E-state index in [1.165, 1.54) is 30.4 Å². The first-order valence-corrected chi connectivity index (χ1v) is 6.84. The molecule has 0 N–H and O–H groups in total. The molecule has 9 nitrogen and oxygen atoms in total. The molecular weight excluding hydrogens is 316 g/mol. The smallest absolute Gasteiger partial charge is 0.341 e. The lowest BCUT2D eigenvalue weighted by Crippen LogP contribution is -2.09. The molecule has 24 heavy (non-hydrogen) atoms. The molecule has 0 amide bonds. The number of esters is 2. The van der Waals surface area contributed by atoms with Crippen LogP contribution < -0.4 is 0 Å². The number of hydrogen-bond donors (Lipinski definition) is 0. The molecule has 9 heteroatoms. The monoisotopic (exact) mass is 328 g/mol. The molecular formula is C15H12N4O5. The van der Waals surface area contributed by atoms with Gasteiger partial charge in [-0.05, 0) is 34.7 Å². The van der Waals surface area contributed by atoms with Gasteiger partial charge in [-0.25, -0.2) is 14.3 Å². The SMILES string of the molecule is COC(=O)c1ccoc1COC(=O)c1cccc(-n2cnnn2)c1. The van der Waals surface area contributed by atoms with Crippen LogP contribution in [0.25, 0.3) is 5.69 Å². The van der Waals surface area contributed by atoms with Crippen molar-refractivity contribution in [2.24, 2.45) is 0 Å². The maximum absolute atomic E-state index is 12.2. The summed E-state index contributed by atoms with van der Waals surface area (Å²) in [6.07, 6.45) is 2.74. The fourth-order valence-electron chi connectivity index (χ4n) is 2.01. The van der Waals surface area contributed by atoms with E-state index in [2.05, 4.69) is 20.3 Å². The highest BCUT2D eigenvalue weighted by molar-refractivity contribution is 5.91. The van der Waals surface area contributed by atoms with E-state index in [0.29, 0.717) is 11.3 Å². The average molecular weight is 328 g/mol. The summed E-state index contributed by atoms with van der Waals surface area (Å²) < 4.78 is 16.4. The van der Waals surface area contributed by atoms with Gasteiger partial charge in [0.05, 0.1) is 24.6 Å². The number of furan rings is 1. The highest BCUT2D eigenvalue weighted by atomic mass is 16.5. The Balaban J connectivity index is 1.71. The molecule has 0 saturated carbocycles. The van der Waals surface area contributed by atoms with Crippen LogP contribution in [0.3, 0.4) is 0 Å². The van der Waals surface area contributed by atoms with Crippen molar-refractivity contribution in [3.05, 3.63) is 59.8 Å². The number of aromatic nitrogens is 4. The van der Waals surface area contributed by atoms with Gasteiger partial charge < -0.3 is 13.9 Å². The predicted octanol–water partition coefficient (Wildman–Crippen LogP) is 1.40. The van der Waals surface area contributed by atoms with E-state index in [1.54, 1.807) is 24.3 Å². The summed E-state index contributed by atoms with van der Waals surface area (Å²) in [5.41, 5.74) is 1.14. The largest absolute Gasteiger partial charge is 0.465 e. The minimum atomic E-state index is -0.572. The lowest BCUT2D eigenvalue weighted by Gasteiger charge is -2.06. The third kappa shape index (κ3) is 3.14. The van der Waals surface area contributed by atoms with Crippen molar-refractivity contribution in [3.63, 3.8) is 0 Å². The topological polar surface area (TPSA) is 109 Å². The lowest BCUT2D eigenvalue weighted by atomic mass is 10.2. The number of rotatable bonds is 5. The van der Waals surface area contributed by atoms with Crippen molar-refractivity contribution in [3.8, 4) is 5.69 Å². The van der Waals surface area contributed by atoms with Gasteiger partial charge in [0.1, 0.15) is 11.9 Å². The van der Waals surface area contributed by atoms with Crippen LogP contribution >= 0.6 is 0 Å². The van der Waals surface area contributed by atoms with E-state index in [1.807, 2.05) is 0 Å². The second-order valence-corrected chi connectivity index (χ2v) is 4.63. The lowest BCUT2D eigenvalue weighted by molar-refractivity contribution is 0.0432. The van der Waals surface area contributed by atoms with Crippen LogP contribution in [0, 0.1) is 0 Å². The van der Waals surface area contributed by atoms with Crippen molar-refractivity contribution in [1.82, 2.24) is 20.2 Å². The fourth-order valence-corrected chi connectivity index (χ4v) is 2.01. The second kappa shape index (κ2) is 6.73. The Kier molecular flexibility index (Phi) is 4.32. The van der Waals surface area contributed by atoms with Crippen molar-refractivity contribution < 1.29 is 23.5 Å². The molecule has 0 saturated heterocycles. The Morgan fingerprint density at radius 2 is 2.12 bits per heavy atom. The van der Waals surface area contributed by atoms with Gasteiger partial charge in [-0.15, -0.1) is 5.10 Å². The third-order valence-corrected chi connectivity index (χ3v) is 3.18. The van der Waals surface area contributed by atoms with Crippen molar-refractivity contribution >= 4 is 11.9 Å². The van der Waals surface area contributed by atoms with Crippen molar-refractivity contribution in [1.29, 1.82) is 0 Å². The molecule has 122 valence electrons. The maximum atomic E-state index is 12.2. The number of hydrogen-bond acceptors (Lipinski definition) is 8. The first-order chi connectivity index (χ1) is 11.7. The Hall–Kier alpha value is -3.49. The molecule has 0 aliphatic heterocycles. The summed E-state index contributed by atoms with van der Waals surface area (Å²) in [5.74, 6) is -0.917. The zero-order chi connectivity index (χ0) is 16.9. The molecule has 3 rings (SSSR count). The summed E-state index contributed by atoms with van der Waals surface area (Å²) in [6, 6.07) is 8.06. The molecule has 0 atom stereocenters. The van der Waals surface area contributed by atoms with Crippen LogP contribution in [0.5, 0.6) is 0 Å². The molecule has 0 unspecified atom stereocenters. The average Bonchev–Trinajstić information content (AvgIpc) is 3.30. The van der Waals surface area contributed by atoms with Crippen LogP contribution in [0.2, 0.25) is 0 Å². The Labute approximate surface area is 135 Å². The second-order valence-electron chi connectivity index (χ2n) is 4.63. The number of benzene rings is 1. The summed E-state index contributed by atoms with van der Waals surface area (Å²) in [5, 5.41) is 10.8. The normalized spacial score (nSPS) is 10.4. The highest BCUT2D eigenvalue weighted by Crippen LogP contribution is 2.15. The quantitative estimate of drug-likeness (QED) is 0.646. The first-order valence-electron chi connectivity index (χ1n) is 6.84. The van der Waals surface area contributed by atoms with Crippen LogP contribution in [-0.4, -0.2) is 39.3 Å². The van der Waals surface area contributed by atoms with Gasteiger partial charge in [0, 0.05) is 0 Å². The van der Waals surface area contributed by atoms with Gasteiger partial charge in [-0.1, -0.05) is 6.07 Å². The van der Waals surface area contributed by atoms with E-state index in [0.717, 1.165) is 0 Å². The standard InChI is InChI=1S/C15H12N4O5/c1-22-15(21)12-5-6-23-13(12)8-24-14(20)10-3-2-4-11(7-10)19-9-16-17-18-19/h2-7,9H,8H2,1H3. The first kappa shape index (κ1) is 15.4. The molecule has 0 radical (unpaired) electrons. The van der Waals surface area contributed by atoms with Gasteiger partial charge in [-0.3, -0.25) is 0 Å². The van der Waals surface area contributed by atoms with Gasteiger partial charge in [0.15, 0.2) is 12.4 Å². The maximum Gasteiger partial charge on any atom is 0.341 e. The zero-order valence-electron chi connectivity index (χ0n) is 12.6. The summed E-state index contributed by atoms with van der Waals surface area (Å²) in [6.45, 7) is -0.189. The molecule has 0 fully saturated rings. The number of ether oxygens (including phenoxy) is 2. The van der Waals surface area contributed by atoms with E-state index in [4.69, 9.17) is 9.15 Å². The number of carbonyl (C=O) groups excluding carboxylic acids is 2. The predicted molar refractivity (Wildman–Crippen MR) is 78.3 cm³/mol. The van der Waals surface area contributed by atoms with Crippen LogP contribution in [0.15, 0.2) is 47.3 Å². The minimum absolute atomic E-state index is 0.189. The molecule has 0 bridgehead atoms. The Morgan fingerprint density at radius 3 is 2.88 bits per heavy atom. The molecule has 0 aliphatic rings. The molecule has 0 aliphatic carbocycles. The number of carbonyl (C=O) groups is 2. The van der Waals surface area contributed by atoms with Crippen LogP contribution in [-0.2, 0) is 16.1 Å². The van der Waals surface area contributed by atoms with Gasteiger partial charge >= 0.3 is 11.9 Å². The summed E-state index contributed by atoms with van der Waals surface area (Å²) in [7, 11) is 1.26. The fraction of sp³-hybridized carbons (Fsp3) is 0.133. The molecule has 2 aromatic heterocycles. The van der Waals surface area contributed by atoms with Gasteiger partial charge in [-0.2, -0.15) is 0 Å². The number of tetrazole rings is 1. The van der Waals surface area contributed by atoms with Crippen molar-refractivity contribution in [2.45, 2.75) is 6.61 Å². The van der Waals surface area contributed by atoms with Crippen LogP contribution in [0.4, 0.5) is 0 Å². The summed E-state index contributed by atoms with van der Waals surface area (Å²) >= 11 is 0. The number of methoxy groups -OCH3 is 1.